The third-order valence-corrected chi connectivity index (χ3v) is 4.71. The van der Waals surface area contributed by atoms with Gasteiger partial charge in [0.25, 0.3) is 5.91 Å². The third-order valence-electron chi connectivity index (χ3n) is 4.71. The molecule has 2 N–H and O–H groups in total. The minimum absolute atomic E-state index is 0.103. The van der Waals surface area contributed by atoms with Crippen molar-refractivity contribution in [1.29, 1.82) is 5.26 Å². The van der Waals surface area contributed by atoms with Crippen LogP contribution in [0.2, 0.25) is 0 Å². The Morgan fingerprint density at radius 3 is 2.57 bits per heavy atom. The summed E-state index contributed by atoms with van der Waals surface area (Å²) in [4.78, 5) is 27.5. The number of hydrogen-bond acceptors (Lipinski definition) is 4. The minimum Gasteiger partial charge on any atom is -0.489 e. The van der Waals surface area contributed by atoms with Crippen LogP contribution in [0.1, 0.15) is 27.9 Å². The summed E-state index contributed by atoms with van der Waals surface area (Å²) in [6.45, 7) is 2.26. The van der Waals surface area contributed by atoms with Crippen LogP contribution < -0.4 is 10.5 Å². The largest absolute Gasteiger partial charge is 0.489 e. The Labute approximate surface area is 163 Å². The predicted octanol–water partition coefficient (Wildman–Crippen LogP) is 2.36. The normalized spacial score (nSPS) is 14.1. The molecule has 0 aliphatic carbocycles. The molecular formula is C21H22N4O3. The number of carbonyl (C=O) groups is 2. The maximum atomic E-state index is 12.8. The van der Waals surface area contributed by atoms with Gasteiger partial charge in [-0.05, 0) is 30.7 Å². The second-order valence-corrected chi connectivity index (χ2v) is 6.56. The van der Waals surface area contributed by atoms with E-state index in [-0.39, 0.29) is 12.5 Å². The summed E-state index contributed by atoms with van der Waals surface area (Å²) in [7, 11) is 0. The maximum absolute atomic E-state index is 12.8. The lowest BCUT2D eigenvalue weighted by atomic mass is 10.1. The second kappa shape index (κ2) is 8.91. The summed E-state index contributed by atoms with van der Waals surface area (Å²) in [5.74, 6) is 0.460. The van der Waals surface area contributed by atoms with Crippen molar-refractivity contribution < 1.29 is 14.3 Å². The molecule has 1 saturated heterocycles. The van der Waals surface area contributed by atoms with Crippen molar-refractivity contribution in [3.8, 4) is 11.8 Å². The zero-order chi connectivity index (χ0) is 19.9. The van der Waals surface area contributed by atoms with E-state index in [0.717, 1.165) is 5.56 Å². The Hall–Kier alpha value is -3.53. The molecule has 144 valence electrons. The van der Waals surface area contributed by atoms with Crippen LogP contribution in [0.4, 0.5) is 4.79 Å². The van der Waals surface area contributed by atoms with E-state index in [1.807, 2.05) is 18.2 Å². The Bertz CT molecular complexity index is 907. The maximum Gasteiger partial charge on any atom is 0.314 e. The van der Waals surface area contributed by atoms with Crippen molar-refractivity contribution in [2.45, 2.75) is 13.0 Å². The number of ether oxygens (including phenoxy) is 1. The molecule has 0 spiro atoms. The van der Waals surface area contributed by atoms with Crippen LogP contribution in [0.25, 0.3) is 0 Å². The minimum atomic E-state index is -0.456. The number of rotatable bonds is 4. The molecule has 0 aromatic heterocycles. The van der Waals surface area contributed by atoms with Gasteiger partial charge < -0.3 is 20.3 Å². The van der Waals surface area contributed by atoms with Gasteiger partial charge in [0.15, 0.2) is 0 Å². The second-order valence-electron chi connectivity index (χ2n) is 6.56. The van der Waals surface area contributed by atoms with Crippen LogP contribution in [0.5, 0.6) is 5.75 Å². The molecule has 1 aliphatic heterocycles. The lowest BCUT2D eigenvalue weighted by Gasteiger charge is -2.21. The highest BCUT2D eigenvalue weighted by Crippen LogP contribution is 2.18. The molecule has 2 aromatic rings. The van der Waals surface area contributed by atoms with Gasteiger partial charge in [0.05, 0.1) is 11.6 Å². The Morgan fingerprint density at radius 2 is 1.79 bits per heavy atom. The molecule has 0 saturated carbocycles. The van der Waals surface area contributed by atoms with Crippen LogP contribution >= 0.6 is 0 Å². The van der Waals surface area contributed by atoms with E-state index in [1.165, 1.54) is 0 Å². The molecule has 3 rings (SSSR count). The number of carbonyl (C=O) groups excluding carboxylic acids is 2. The van der Waals surface area contributed by atoms with E-state index in [4.69, 9.17) is 15.7 Å². The summed E-state index contributed by atoms with van der Waals surface area (Å²) < 4.78 is 5.79. The van der Waals surface area contributed by atoms with E-state index in [1.54, 1.807) is 40.1 Å². The summed E-state index contributed by atoms with van der Waals surface area (Å²) in [6, 6.07) is 15.9. The van der Waals surface area contributed by atoms with E-state index in [0.29, 0.717) is 49.5 Å². The zero-order valence-electron chi connectivity index (χ0n) is 15.5. The monoisotopic (exact) mass is 378 g/mol. The molecule has 0 radical (unpaired) electrons. The molecular weight excluding hydrogens is 356 g/mol. The highest BCUT2D eigenvalue weighted by molar-refractivity contribution is 5.94. The number of primary amides is 1. The third kappa shape index (κ3) is 4.60. The molecule has 28 heavy (non-hydrogen) atoms. The van der Waals surface area contributed by atoms with E-state index < -0.39 is 6.03 Å². The zero-order valence-corrected chi connectivity index (χ0v) is 15.5. The van der Waals surface area contributed by atoms with Gasteiger partial charge in [0.1, 0.15) is 12.4 Å². The standard InChI is InChI=1S/C21H22N4O3/c22-14-17-5-1-2-6-18(17)15-28-19-8-3-7-16(13-19)20(26)24-9-4-10-25(12-11-24)21(23)27/h1-3,5-8,13H,4,9-12,15H2,(H2,23,27). The molecule has 3 amide bonds. The van der Waals surface area contributed by atoms with Crippen LogP contribution in [-0.4, -0.2) is 47.9 Å². The number of nitrogens with zero attached hydrogens (tertiary/aromatic N) is 3. The van der Waals surface area contributed by atoms with Crippen molar-refractivity contribution in [2.24, 2.45) is 5.73 Å². The van der Waals surface area contributed by atoms with Gasteiger partial charge in [-0.25, -0.2) is 4.79 Å². The number of hydrogen-bond donors (Lipinski definition) is 1. The van der Waals surface area contributed by atoms with E-state index in [2.05, 4.69) is 6.07 Å². The molecule has 1 heterocycles. The highest BCUT2D eigenvalue weighted by Gasteiger charge is 2.22. The highest BCUT2D eigenvalue weighted by atomic mass is 16.5. The lowest BCUT2D eigenvalue weighted by molar-refractivity contribution is 0.0762. The molecule has 7 heteroatoms. The number of nitrogens with two attached hydrogens (primary N) is 1. The molecule has 1 aliphatic rings. The van der Waals surface area contributed by atoms with E-state index in [9.17, 15) is 9.59 Å². The van der Waals surface area contributed by atoms with Crippen LogP contribution in [-0.2, 0) is 6.61 Å². The van der Waals surface area contributed by atoms with Crippen molar-refractivity contribution in [3.63, 3.8) is 0 Å². The quantitative estimate of drug-likeness (QED) is 0.883. The summed E-state index contributed by atoms with van der Waals surface area (Å²) >= 11 is 0. The summed E-state index contributed by atoms with van der Waals surface area (Å²) in [6.07, 6.45) is 0.690. The first-order valence-electron chi connectivity index (χ1n) is 9.13. The SMILES string of the molecule is N#Cc1ccccc1COc1cccc(C(=O)N2CCCN(C(N)=O)CC2)c1. The van der Waals surface area contributed by atoms with Crippen LogP contribution in [0, 0.1) is 11.3 Å². The van der Waals surface area contributed by atoms with Crippen molar-refractivity contribution in [1.82, 2.24) is 9.80 Å². The Kier molecular flexibility index (Phi) is 6.12. The van der Waals surface area contributed by atoms with Gasteiger partial charge >= 0.3 is 6.03 Å². The first-order chi connectivity index (χ1) is 13.6. The fraction of sp³-hybridized carbons (Fsp3) is 0.286. The fourth-order valence-corrected chi connectivity index (χ4v) is 3.16. The van der Waals surface area contributed by atoms with Gasteiger partial charge in [0.2, 0.25) is 0 Å². The number of nitriles is 1. The van der Waals surface area contributed by atoms with E-state index >= 15 is 0 Å². The molecule has 0 bridgehead atoms. The Balaban J connectivity index is 1.66. The lowest BCUT2D eigenvalue weighted by Crippen LogP contribution is -2.39. The van der Waals surface area contributed by atoms with Crippen molar-refractivity contribution in [2.75, 3.05) is 26.2 Å². The van der Waals surface area contributed by atoms with Crippen LogP contribution in [0.15, 0.2) is 48.5 Å². The predicted molar refractivity (Wildman–Crippen MR) is 104 cm³/mol. The van der Waals surface area contributed by atoms with Gasteiger partial charge in [-0.15, -0.1) is 0 Å². The molecule has 1 fully saturated rings. The summed E-state index contributed by atoms with van der Waals surface area (Å²) in [5.41, 5.74) is 7.22. The van der Waals surface area contributed by atoms with Crippen molar-refractivity contribution >= 4 is 11.9 Å². The molecule has 0 atom stereocenters. The van der Waals surface area contributed by atoms with Crippen molar-refractivity contribution in [3.05, 3.63) is 65.2 Å². The first kappa shape index (κ1) is 19.2. The number of amides is 3. The average Bonchev–Trinajstić information content (AvgIpc) is 2.98. The Morgan fingerprint density at radius 1 is 1.04 bits per heavy atom. The fourth-order valence-electron chi connectivity index (χ4n) is 3.16. The molecule has 7 nitrogen and oxygen atoms in total. The van der Waals surface area contributed by atoms with Gasteiger partial charge in [-0.3, -0.25) is 4.79 Å². The summed E-state index contributed by atoms with van der Waals surface area (Å²) in [5, 5.41) is 9.16. The average molecular weight is 378 g/mol. The molecule has 0 unspecified atom stereocenters. The first-order valence-corrected chi connectivity index (χ1v) is 9.13. The smallest absolute Gasteiger partial charge is 0.314 e. The molecule has 2 aromatic carbocycles. The van der Waals surface area contributed by atoms with Gasteiger partial charge in [0, 0.05) is 37.3 Å². The topological polar surface area (TPSA) is 99.7 Å². The van der Waals surface area contributed by atoms with Gasteiger partial charge in [-0.1, -0.05) is 24.3 Å². The van der Waals surface area contributed by atoms with Crippen LogP contribution in [0.3, 0.4) is 0 Å². The number of urea groups is 1. The van der Waals surface area contributed by atoms with Gasteiger partial charge in [-0.2, -0.15) is 5.26 Å². The number of benzene rings is 2.